The number of nitrogens with zero attached hydrogens (tertiary/aromatic N) is 3. The van der Waals surface area contributed by atoms with Gasteiger partial charge in [0, 0.05) is 19.7 Å². The lowest BCUT2D eigenvalue weighted by atomic mass is 10.1. The third kappa shape index (κ3) is 3.72. The van der Waals surface area contributed by atoms with E-state index in [1.807, 2.05) is 0 Å². The molecule has 0 aliphatic carbocycles. The Bertz CT molecular complexity index is 528. The zero-order valence-corrected chi connectivity index (χ0v) is 10.2. The smallest absolute Gasteiger partial charge is 0.387 e. The van der Waals surface area contributed by atoms with E-state index in [1.54, 1.807) is 30.1 Å². The molecule has 2 rings (SSSR count). The minimum absolute atomic E-state index is 0.0606. The summed E-state index contributed by atoms with van der Waals surface area (Å²) in [7, 11) is 1.74. The van der Waals surface area contributed by atoms with Crippen molar-refractivity contribution in [1.82, 2.24) is 15.0 Å². The van der Waals surface area contributed by atoms with Gasteiger partial charge in [-0.2, -0.15) is 8.78 Å². The standard InChI is InChI=1S/C12H13F2N3O2/c1-17-7-9(15-16-17)6-11(18)8-2-4-10(5-3-8)19-12(13)14/h2-5,7,11-12,18H,6H2,1H3. The second-order valence-electron chi connectivity index (χ2n) is 4.05. The van der Waals surface area contributed by atoms with Crippen molar-refractivity contribution >= 4 is 0 Å². The lowest BCUT2D eigenvalue weighted by Gasteiger charge is -2.10. The SMILES string of the molecule is Cn1cc(CC(O)c2ccc(OC(F)F)cc2)nn1. The number of ether oxygens (including phenoxy) is 1. The normalized spacial score (nSPS) is 12.7. The fourth-order valence-electron chi connectivity index (χ4n) is 1.68. The van der Waals surface area contributed by atoms with Crippen LogP contribution >= 0.6 is 0 Å². The lowest BCUT2D eigenvalue weighted by Crippen LogP contribution is -2.04. The third-order valence-corrected chi connectivity index (χ3v) is 2.54. The number of halogens is 2. The number of rotatable bonds is 5. The number of benzene rings is 1. The minimum Gasteiger partial charge on any atom is -0.435 e. The zero-order valence-electron chi connectivity index (χ0n) is 10.2. The van der Waals surface area contributed by atoms with E-state index >= 15 is 0 Å². The Morgan fingerprint density at radius 2 is 2.00 bits per heavy atom. The molecular weight excluding hydrogens is 256 g/mol. The van der Waals surface area contributed by atoms with Crippen LogP contribution in [-0.4, -0.2) is 26.7 Å². The number of aliphatic hydroxyl groups is 1. The number of hydrogen-bond donors (Lipinski definition) is 1. The number of aliphatic hydroxyl groups excluding tert-OH is 1. The molecule has 5 nitrogen and oxygen atoms in total. The molecule has 7 heteroatoms. The average Bonchev–Trinajstić information content (AvgIpc) is 2.75. The summed E-state index contributed by atoms with van der Waals surface area (Å²) in [6.07, 6.45) is 1.25. The minimum atomic E-state index is -2.85. The van der Waals surface area contributed by atoms with E-state index in [9.17, 15) is 13.9 Å². The van der Waals surface area contributed by atoms with Crippen molar-refractivity contribution in [3.8, 4) is 5.75 Å². The van der Waals surface area contributed by atoms with Gasteiger partial charge in [0.05, 0.1) is 11.8 Å². The highest BCUT2D eigenvalue weighted by Crippen LogP contribution is 2.21. The molecule has 0 spiro atoms. The van der Waals surface area contributed by atoms with E-state index in [-0.39, 0.29) is 5.75 Å². The summed E-state index contributed by atoms with van der Waals surface area (Å²) in [5, 5.41) is 17.6. The van der Waals surface area contributed by atoms with E-state index in [0.29, 0.717) is 17.7 Å². The van der Waals surface area contributed by atoms with Crippen LogP contribution in [0.3, 0.4) is 0 Å². The third-order valence-electron chi connectivity index (χ3n) is 2.54. The predicted octanol–water partition coefficient (Wildman–Crippen LogP) is 1.69. The van der Waals surface area contributed by atoms with Crippen LogP contribution in [0.5, 0.6) is 5.75 Å². The summed E-state index contributed by atoms with van der Waals surface area (Å²) in [6.45, 7) is -2.85. The Hall–Kier alpha value is -2.02. The topological polar surface area (TPSA) is 60.2 Å². The van der Waals surface area contributed by atoms with E-state index in [1.165, 1.54) is 12.1 Å². The molecule has 1 aromatic heterocycles. The average molecular weight is 269 g/mol. The van der Waals surface area contributed by atoms with Gasteiger partial charge in [0.2, 0.25) is 0 Å². The molecule has 102 valence electrons. The number of aryl methyl sites for hydroxylation is 1. The Kier molecular flexibility index (Phi) is 4.06. The Morgan fingerprint density at radius 1 is 1.32 bits per heavy atom. The van der Waals surface area contributed by atoms with Crippen molar-refractivity contribution < 1.29 is 18.6 Å². The highest BCUT2D eigenvalue weighted by molar-refractivity contribution is 5.29. The van der Waals surface area contributed by atoms with Gasteiger partial charge in [-0.05, 0) is 17.7 Å². The van der Waals surface area contributed by atoms with E-state index < -0.39 is 12.7 Å². The maximum absolute atomic E-state index is 12.0. The molecule has 1 N–H and O–H groups in total. The van der Waals surface area contributed by atoms with Gasteiger partial charge in [0.15, 0.2) is 0 Å². The number of alkyl halides is 2. The molecule has 0 fully saturated rings. The monoisotopic (exact) mass is 269 g/mol. The largest absolute Gasteiger partial charge is 0.435 e. The van der Waals surface area contributed by atoms with Crippen LogP contribution in [0.4, 0.5) is 8.78 Å². The molecule has 1 atom stereocenters. The lowest BCUT2D eigenvalue weighted by molar-refractivity contribution is -0.0498. The van der Waals surface area contributed by atoms with Gasteiger partial charge in [-0.15, -0.1) is 5.10 Å². The quantitative estimate of drug-likeness (QED) is 0.897. The fourth-order valence-corrected chi connectivity index (χ4v) is 1.68. The molecule has 0 aliphatic heterocycles. The van der Waals surface area contributed by atoms with Crippen molar-refractivity contribution in [3.63, 3.8) is 0 Å². The first-order chi connectivity index (χ1) is 9.04. The molecule has 1 aromatic carbocycles. The predicted molar refractivity (Wildman–Crippen MR) is 62.7 cm³/mol. The number of hydrogen-bond acceptors (Lipinski definition) is 4. The second kappa shape index (κ2) is 5.75. The van der Waals surface area contributed by atoms with Gasteiger partial charge < -0.3 is 9.84 Å². The van der Waals surface area contributed by atoms with Gasteiger partial charge in [-0.1, -0.05) is 17.3 Å². The molecular formula is C12H13F2N3O2. The van der Waals surface area contributed by atoms with Gasteiger partial charge in [-0.25, -0.2) is 0 Å². The molecule has 0 radical (unpaired) electrons. The molecule has 2 aromatic rings. The van der Waals surface area contributed by atoms with Gasteiger partial charge in [0.1, 0.15) is 5.75 Å². The van der Waals surface area contributed by atoms with Crippen LogP contribution in [0.15, 0.2) is 30.5 Å². The molecule has 0 bridgehead atoms. The summed E-state index contributed by atoms with van der Waals surface area (Å²) in [5.74, 6) is 0.0606. The van der Waals surface area contributed by atoms with Gasteiger partial charge in [-0.3, -0.25) is 4.68 Å². The molecule has 19 heavy (non-hydrogen) atoms. The maximum atomic E-state index is 12.0. The summed E-state index contributed by atoms with van der Waals surface area (Å²) in [6, 6.07) is 5.86. The molecule has 0 aliphatic rings. The summed E-state index contributed by atoms with van der Waals surface area (Å²) in [5.41, 5.74) is 1.26. The van der Waals surface area contributed by atoms with E-state index in [4.69, 9.17) is 0 Å². The van der Waals surface area contributed by atoms with Crippen LogP contribution in [0.25, 0.3) is 0 Å². The van der Waals surface area contributed by atoms with Gasteiger partial charge in [0.25, 0.3) is 0 Å². The van der Waals surface area contributed by atoms with Crippen LogP contribution < -0.4 is 4.74 Å². The first-order valence-corrected chi connectivity index (χ1v) is 5.62. The summed E-state index contributed by atoms with van der Waals surface area (Å²) in [4.78, 5) is 0. The molecule has 0 amide bonds. The second-order valence-corrected chi connectivity index (χ2v) is 4.05. The Balaban J connectivity index is 2.01. The highest BCUT2D eigenvalue weighted by Gasteiger charge is 2.12. The Morgan fingerprint density at radius 3 is 2.53 bits per heavy atom. The first kappa shape index (κ1) is 13.4. The van der Waals surface area contributed by atoms with E-state index in [0.717, 1.165) is 0 Å². The highest BCUT2D eigenvalue weighted by atomic mass is 19.3. The van der Waals surface area contributed by atoms with Crippen molar-refractivity contribution in [2.75, 3.05) is 0 Å². The maximum Gasteiger partial charge on any atom is 0.387 e. The molecule has 1 unspecified atom stereocenters. The summed E-state index contributed by atoms with van der Waals surface area (Å²) >= 11 is 0. The van der Waals surface area contributed by atoms with Crippen LogP contribution in [0.2, 0.25) is 0 Å². The summed E-state index contributed by atoms with van der Waals surface area (Å²) < 4.78 is 29.7. The zero-order chi connectivity index (χ0) is 13.8. The van der Waals surface area contributed by atoms with Crippen LogP contribution in [-0.2, 0) is 13.5 Å². The van der Waals surface area contributed by atoms with Crippen LogP contribution in [0, 0.1) is 0 Å². The van der Waals surface area contributed by atoms with Crippen LogP contribution in [0.1, 0.15) is 17.4 Å². The molecule has 0 saturated carbocycles. The van der Waals surface area contributed by atoms with E-state index in [2.05, 4.69) is 15.0 Å². The van der Waals surface area contributed by atoms with Crippen molar-refractivity contribution in [2.45, 2.75) is 19.1 Å². The van der Waals surface area contributed by atoms with Crippen molar-refractivity contribution in [2.24, 2.45) is 7.05 Å². The fraction of sp³-hybridized carbons (Fsp3) is 0.333. The number of aromatic nitrogens is 3. The molecule has 1 heterocycles. The van der Waals surface area contributed by atoms with Crippen molar-refractivity contribution in [1.29, 1.82) is 0 Å². The first-order valence-electron chi connectivity index (χ1n) is 5.62. The van der Waals surface area contributed by atoms with Crippen molar-refractivity contribution in [3.05, 3.63) is 41.7 Å². The molecule has 0 saturated heterocycles. The van der Waals surface area contributed by atoms with Gasteiger partial charge >= 0.3 is 6.61 Å². The Labute approximate surface area is 108 Å².